The topological polar surface area (TPSA) is 88.3 Å². The zero-order valence-corrected chi connectivity index (χ0v) is 15.6. The summed E-state index contributed by atoms with van der Waals surface area (Å²) in [6.45, 7) is 1.37. The van der Waals surface area contributed by atoms with Crippen LogP contribution in [0.5, 0.6) is 0 Å². The number of carbonyl (C=O) groups excluding carboxylic acids is 2. The lowest BCUT2D eigenvalue weighted by Gasteiger charge is -2.27. The van der Waals surface area contributed by atoms with Gasteiger partial charge in [0, 0.05) is 31.8 Å². The molecule has 0 radical (unpaired) electrons. The highest BCUT2D eigenvalue weighted by Crippen LogP contribution is 2.22. The number of carbonyl (C=O) groups is 2. The van der Waals surface area contributed by atoms with Crippen molar-refractivity contribution in [2.24, 2.45) is 0 Å². The number of oxazole rings is 1. The first-order valence-corrected chi connectivity index (χ1v) is 9.52. The maximum absolute atomic E-state index is 12.5. The summed E-state index contributed by atoms with van der Waals surface area (Å²) in [5, 5.41) is 2.82. The molecule has 144 valence electrons. The van der Waals surface area contributed by atoms with Gasteiger partial charge in [0.1, 0.15) is 12.1 Å². The van der Waals surface area contributed by atoms with E-state index in [9.17, 15) is 9.59 Å². The third-order valence-corrected chi connectivity index (χ3v) is 5.01. The Morgan fingerprint density at radius 3 is 2.82 bits per heavy atom. The highest BCUT2D eigenvalue weighted by molar-refractivity contribution is 5.93. The lowest BCUT2D eigenvalue weighted by Crippen LogP contribution is -2.35. The number of aromatic nitrogens is 2. The molecule has 0 saturated carbocycles. The van der Waals surface area contributed by atoms with Crippen LogP contribution < -0.4 is 5.32 Å². The molecule has 0 aromatic carbocycles. The van der Waals surface area contributed by atoms with E-state index in [1.54, 1.807) is 30.8 Å². The zero-order chi connectivity index (χ0) is 19.3. The standard InChI is InChI=1S/C21H22N4O3/c26-18-3-1-2-17-12-16(14-23-21(17)24-18)4-5-20(27)25-9-6-15(7-10-25)13-19-22-8-11-28-19/h4-5,8,11-14H,1-3,6-7,9-10H2,(H,23,24,26)/b5-4+. The van der Waals surface area contributed by atoms with Crippen LogP contribution in [0.1, 0.15) is 42.7 Å². The number of aryl methyl sites for hydroxylation is 1. The Labute approximate surface area is 163 Å². The van der Waals surface area contributed by atoms with Gasteiger partial charge in [-0.2, -0.15) is 0 Å². The normalized spacial score (nSPS) is 17.2. The van der Waals surface area contributed by atoms with Gasteiger partial charge in [0.15, 0.2) is 0 Å². The van der Waals surface area contributed by atoms with Crippen LogP contribution >= 0.6 is 0 Å². The number of amides is 2. The van der Waals surface area contributed by atoms with E-state index < -0.39 is 0 Å². The van der Waals surface area contributed by atoms with Crippen LogP contribution in [0.2, 0.25) is 0 Å². The van der Waals surface area contributed by atoms with Crippen LogP contribution in [0, 0.1) is 0 Å². The molecule has 28 heavy (non-hydrogen) atoms. The SMILES string of the molecule is O=C1CCCc2cc(/C=C/C(=O)N3CCC(=Cc4ncco4)CC3)cnc2N1. The average molecular weight is 378 g/mol. The first-order valence-electron chi connectivity index (χ1n) is 9.52. The van der Waals surface area contributed by atoms with Gasteiger partial charge in [-0.3, -0.25) is 9.59 Å². The molecule has 7 nitrogen and oxygen atoms in total. The molecule has 2 aliphatic heterocycles. The van der Waals surface area contributed by atoms with Gasteiger partial charge in [0.2, 0.25) is 17.7 Å². The Hall–Kier alpha value is -3.22. The van der Waals surface area contributed by atoms with Crippen LogP contribution in [-0.2, 0) is 16.0 Å². The molecular weight excluding hydrogens is 356 g/mol. The number of hydrogen-bond acceptors (Lipinski definition) is 5. The van der Waals surface area contributed by atoms with E-state index in [2.05, 4.69) is 15.3 Å². The van der Waals surface area contributed by atoms with Crippen molar-refractivity contribution in [3.8, 4) is 0 Å². The molecule has 2 aromatic heterocycles. The van der Waals surface area contributed by atoms with Gasteiger partial charge < -0.3 is 14.6 Å². The van der Waals surface area contributed by atoms with E-state index in [0.29, 0.717) is 31.2 Å². The van der Waals surface area contributed by atoms with Crippen molar-refractivity contribution in [3.05, 3.63) is 53.4 Å². The number of nitrogens with one attached hydrogen (secondary N) is 1. The lowest BCUT2D eigenvalue weighted by molar-refractivity contribution is -0.126. The summed E-state index contributed by atoms with van der Waals surface area (Å²) in [6, 6.07) is 1.99. The number of hydrogen-bond donors (Lipinski definition) is 1. The Balaban J connectivity index is 1.36. The molecule has 2 amide bonds. The average Bonchev–Trinajstić information content (AvgIpc) is 3.14. The van der Waals surface area contributed by atoms with Crippen LogP contribution in [0.3, 0.4) is 0 Å². The second kappa shape index (κ2) is 8.21. The molecule has 1 N–H and O–H groups in total. The summed E-state index contributed by atoms with van der Waals surface area (Å²) in [4.78, 5) is 34.4. The molecule has 1 saturated heterocycles. The van der Waals surface area contributed by atoms with E-state index in [0.717, 1.165) is 36.8 Å². The maximum atomic E-state index is 12.5. The molecular formula is C21H22N4O3. The van der Waals surface area contributed by atoms with Crippen molar-refractivity contribution in [2.45, 2.75) is 32.1 Å². The van der Waals surface area contributed by atoms with Crippen molar-refractivity contribution in [2.75, 3.05) is 18.4 Å². The number of piperidine rings is 1. The van der Waals surface area contributed by atoms with Crippen molar-refractivity contribution < 1.29 is 14.0 Å². The fraction of sp³-hybridized carbons (Fsp3) is 0.333. The molecule has 0 unspecified atom stereocenters. The summed E-state index contributed by atoms with van der Waals surface area (Å²) < 4.78 is 5.24. The molecule has 0 spiro atoms. The van der Waals surface area contributed by atoms with E-state index in [1.807, 2.05) is 17.0 Å². The first-order chi connectivity index (χ1) is 13.7. The van der Waals surface area contributed by atoms with Gasteiger partial charge in [0.25, 0.3) is 0 Å². The number of pyridine rings is 1. The van der Waals surface area contributed by atoms with Crippen LogP contribution in [-0.4, -0.2) is 39.8 Å². The Bertz CT molecular complexity index is 921. The number of fused-ring (bicyclic) bond motifs is 1. The number of anilines is 1. The quantitative estimate of drug-likeness (QED) is 0.830. The Kier molecular flexibility index (Phi) is 5.32. The van der Waals surface area contributed by atoms with Crippen molar-refractivity contribution in [1.29, 1.82) is 0 Å². The summed E-state index contributed by atoms with van der Waals surface area (Å²) >= 11 is 0. The van der Waals surface area contributed by atoms with Gasteiger partial charge in [-0.05, 0) is 55.0 Å². The second-order valence-electron chi connectivity index (χ2n) is 7.01. The molecule has 2 aromatic rings. The summed E-state index contributed by atoms with van der Waals surface area (Å²) in [5.41, 5.74) is 3.12. The number of rotatable bonds is 3. The van der Waals surface area contributed by atoms with Crippen molar-refractivity contribution in [3.63, 3.8) is 0 Å². The Morgan fingerprint density at radius 1 is 1.18 bits per heavy atom. The minimum atomic E-state index is -0.00146. The molecule has 0 atom stereocenters. The fourth-order valence-electron chi connectivity index (χ4n) is 3.47. The van der Waals surface area contributed by atoms with E-state index in [4.69, 9.17) is 4.42 Å². The fourth-order valence-corrected chi connectivity index (χ4v) is 3.47. The second-order valence-corrected chi connectivity index (χ2v) is 7.01. The summed E-state index contributed by atoms with van der Waals surface area (Å²) in [6.07, 6.45) is 14.0. The summed E-state index contributed by atoms with van der Waals surface area (Å²) in [5.74, 6) is 1.25. The van der Waals surface area contributed by atoms with Crippen LogP contribution in [0.25, 0.3) is 12.2 Å². The van der Waals surface area contributed by atoms with Crippen LogP contribution in [0.15, 0.2) is 40.8 Å². The van der Waals surface area contributed by atoms with Crippen molar-refractivity contribution >= 4 is 29.8 Å². The zero-order valence-electron chi connectivity index (χ0n) is 15.6. The molecule has 2 aliphatic rings. The molecule has 4 heterocycles. The first kappa shape index (κ1) is 18.2. The lowest BCUT2D eigenvalue weighted by atomic mass is 10.0. The number of nitrogens with zero attached hydrogens (tertiary/aromatic N) is 3. The van der Waals surface area contributed by atoms with Crippen molar-refractivity contribution in [1.82, 2.24) is 14.9 Å². The van der Waals surface area contributed by atoms with Crippen LogP contribution in [0.4, 0.5) is 5.82 Å². The monoisotopic (exact) mass is 378 g/mol. The molecule has 0 aliphatic carbocycles. The third kappa shape index (κ3) is 4.36. The van der Waals surface area contributed by atoms with Gasteiger partial charge in [-0.25, -0.2) is 9.97 Å². The largest absolute Gasteiger partial charge is 0.445 e. The highest BCUT2D eigenvalue weighted by atomic mass is 16.3. The smallest absolute Gasteiger partial charge is 0.246 e. The third-order valence-electron chi connectivity index (χ3n) is 5.01. The van der Waals surface area contributed by atoms with Gasteiger partial charge in [-0.1, -0.05) is 5.57 Å². The van der Waals surface area contributed by atoms with E-state index in [-0.39, 0.29) is 11.8 Å². The van der Waals surface area contributed by atoms with Gasteiger partial charge in [-0.15, -0.1) is 0 Å². The minimum absolute atomic E-state index is 0.00146. The number of likely N-dealkylation sites (tertiary alicyclic amines) is 1. The van der Waals surface area contributed by atoms with Gasteiger partial charge in [0.05, 0.1) is 6.20 Å². The van der Waals surface area contributed by atoms with E-state index in [1.165, 1.54) is 5.57 Å². The summed E-state index contributed by atoms with van der Waals surface area (Å²) in [7, 11) is 0. The minimum Gasteiger partial charge on any atom is -0.445 e. The van der Waals surface area contributed by atoms with Gasteiger partial charge >= 0.3 is 0 Å². The molecule has 1 fully saturated rings. The Morgan fingerprint density at radius 2 is 2.04 bits per heavy atom. The molecule has 0 bridgehead atoms. The molecule has 4 rings (SSSR count). The predicted octanol–water partition coefficient (Wildman–Crippen LogP) is 3.06. The van der Waals surface area contributed by atoms with E-state index >= 15 is 0 Å². The predicted molar refractivity (Wildman–Crippen MR) is 105 cm³/mol. The molecule has 7 heteroatoms. The highest BCUT2D eigenvalue weighted by Gasteiger charge is 2.18. The maximum Gasteiger partial charge on any atom is 0.246 e.